The van der Waals surface area contributed by atoms with Crippen molar-refractivity contribution >= 4 is 17.5 Å². The van der Waals surface area contributed by atoms with Gasteiger partial charge in [0.15, 0.2) is 16.8 Å². The lowest BCUT2D eigenvalue weighted by Gasteiger charge is -2.10. The number of carbonyl (C=O) groups excluding carboxylic acids is 1. The minimum absolute atomic E-state index is 0.0881. The van der Waals surface area contributed by atoms with Crippen LogP contribution in [0.15, 0.2) is 60.3 Å². The standard InChI is InChI=1S/C22H23N3O4S/c1-5-12-25-21(15-6-8-16(27-2)9-7-15)23-24-22(25)30-14-19(26)18-13-17(28-3)10-11-20(18)29-4/h5-11,13H,1,12,14H2,2-4H3. The summed E-state index contributed by atoms with van der Waals surface area (Å²) in [5, 5.41) is 9.24. The fraction of sp³-hybridized carbons (Fsp3) is 0.227. The van der Waals surface area contributed by atoms with Crippen LogP contribution in [0.4, 0.5) is 0 Å². The molecule has 156 valence electrons. The van der Waals surface area contributed by atoms with Gasteiger partial charge < -0.3 is 14.2 Å². The molecule has 3 rings (SSSR count). The van der Waals surface area contributed by atoms with E-state index in [1.54, 1.807) is 38.5 Å². The lowest BCUT2D eigenvalue weighted by molar-refractivity contribution is 0.101. The first-order chi connectivity index (χ1) is 14.6. The van der Waals surface area contributed by atoms with Crippen molar-refractivity contribution in [3.63, 3.8) is 0 Å². The van der Waals surface area contributed by atoms with E-state index in [2.05, 4.69) is 16.8 Å². The number of allylic oxidation sites excluding steroid dienone is 1. The van der Waals surface area contributed by atoms with Crippen molar-refractivity contribution in [1.82, 2.24) is 14.8 Å². The summed E-state index contributed by atoms with van der Waals surface area (Å²) in [4.78, 5) is 12.8. The van der Waals surface area contributed by atoms with E-state index in [4.69, 9.17) is 14.2 Å². The van der Waals surface area contributed by atoms with Crippen LogP contribution in [0.5, 0.6) is 17.2 Å². The number of ketones is 1. The highest BCUT2D eigenvalue weighted by atomic mass is 32.2. The van der Waals surface area contributed by atoms with E-state index in [-0.39, 0.29) is 11.5 Å². The Morgan fingerprint density at radius 2 is 1.73 bits per heavy atom. The first kappa shape index (κ1) is 21.4. The predicted octanol–water partition coefficient (Wildman–Crippen LogP) is 4.13. The number of Topliss-reactive ketones (excluding diaryl/α,β-unsaturated/α-hetero) is 1. The third-order valence-corrected chi connectivity index (χ3v) is 5.38. The van der Waals surface area contributed by atoms with Gasteiger partial charge in [-0.05, 0) is 42.5 Å². The van der Waals surface area contributed by atoms with Gasteiger partial charge >= 0.3 is 0 Å². The molecule has 3 aromatic rings. The van der Waals surface area contributed by atoms with E-state index in [0.717, 1.165) is 11.3 Å². The molecular weight excluding hydrogens is 402 g/mol. The van der Waals surface area contributed by atoms with Gasteiger partial charge in [-0.2, -0.15) is 0 Å². The summed E-state index contributed by atoms with van der Waals surface area (Å²) in [6.07, 6.45) is 1.77. The van der Waals surface area contributed by atoms with Crippen molar-refractivity contribution in [1.29, 1.82) is 0 Å². The lowest BCUT2D eigenvalue weighted by Crippen LogP contribution is -2.07. The zero-order valence-corrected chi connectivity index (χ0v) is 17.9. The molecule has 0 spiro atoms. The predicted molar refractivity (Wildman–Crippen MR) is 117 cm³/mol. The molecule has 0 amide bonds. The van der Waals surface area contributed by atoms with Crippen molar-refractivity contribution in [2.24, 2.45) is 0 Å². The zero-order chi connectivity index (χ0) is 21.5. The molecule has 0 fully saturated rings. The van der Waals surface area contributed by atoms with Crippen LogP contribution in [-0.4, -0.2) is 47.6 Å². The molecule has 30 heavy (non-hydrogen) atoms. The number of nitrogens with zero attached hydrogens (tertiary/aromatic N) is 3. The second-order valence-electron chi connectivity index (χ2n) is 6.21. The second-order valence-corrected chi connectivity index (χ2v) is 7.15. The largest absolute Gasteiger partial charge is 0.497 e. The van der Waals surface area contributed by atoms with Gasteiger partial charge in [-0.15, -0.1) is 16.8 Å². The maximum absolute atomic E-state index is 12.8. The zero-order valence-electron chi connectivity index (χ0n) is 17.1. The summed E-state index contributed by atoms with van der Waals surface area (Å²) >= 11 is 1.32. The van der Waals surface area contributed by atoms with E-state index < -0.39 is 0 Å². The summed E-state index contributed by atoms with van der Waals surface area (Å²) in [6.45, 7) is 4.34. The van der Waals surface area contributed by atoms with E-state index in [1.165, 1.54) is 18.9 Å². The molecule has 0 radical (unpaired) electrons. The van der Waals surface area contributed by atoms with Crippen LogP contribution < -0.4 is 14.2 Å². The summed E-state index contributed by atoms with van der Waals surface area (Å²) in [7, 11) is 4.72. The van der Waals surface area contributed by atoms with Gasteiger partial charge in [0, 0.05) is 12.1 Å². The van der Waals surface area contributed by atoms with E-state index in [0.29, 0.717) is 34.6 Å². The summed E-state index contributed by atoms with van der Waals surface area (Å²) in [6, 6.07) is 12.7. The Morgan fingerprint density at radius 3 is 2.37 bits per heavy atom. The quantitative estimate of drug-likeness (QED) is 0.275. The number of rotatable bonds is 10. The topological polar surface area (TPSA) is 75.5 Å². The number of thioether (sulfide) groups is 1. The third-order valence-electron chi connectivity index (χ3n) is 4.42. The van der Waals surface area contributed by atoms with Crippen LogP contribution in [-0.2, 0) is 6.54 Å². The number of ether oxygens (including phenoxy) is 3. The molecule has 0 unspecified atom stereocenters. The first-order valence-corrected chi connectivity index (χ1v) is 10.2. The van der Waals surface area contributed by atoms with E-state index in [9.17, 15) is 4.79 Å². The average molecular weight is 426 g/mol. The molecule has 8 heteroatoms. The van der Waals surface area contributed by atoms with Gasteiger partial charge in [0.05, 0.1) is 32.6 Å². The Balaban J connectivity index is 1.82. The summed E-state index contributed by atoms with van der Waals surface area (Å²) in [5.41, 5.74) is 1.37. The molecular formula is C22H23N3O4S. The highest BCUT2D eigenvalue weighted by Crippen LogP contribution is 2.29. The van der Waals surface area contributed by atoms with Crippen molar-refractivity contribution in [2.45, 2.75) is 11.7 Å². The maximum atomic E-state index is 12.8. The van der Waals surface area contributed by atoms with Crippen LogP contribution in [0.1, 0.15) is 10.4 Å². The van der Waals surface area contributed by atoms with Crippen molar-refractivity contribution in [2.75, 3.05) is 27.1 Å². The SMILES string of the molecule is C=CCn1c(SCC(=O)c2cc(OC)ccc2OC)nnc1-c1ccc(OC)cc1. The first-order valence-electron chi connectivity index (χ1n) is 9.17. The third kappa shape index (κ3) is 4.65. The lowest BCUT2D eigenvalue weighted by atomic mass is 10.1. The molecule has 0 aliphatic rings. The highest BCUT2D eigenvalue weighted by molar-refractivity contribution is 7.99. The van der Waals surface area contributed by atoms with Gasteiger partial charge in [-0.3, -0.25) is 9.36 Å². The van der Waals surface area contributed by atoms with Crippen molar-refractivity contribution < 1.29 is 19.0 Å². The van der Waals surface area contributed by atoms with Gasteiger partial charge in [0.2, 0.25) is 0 Å². The Kier molecular flexibility index (Phi) is 7.13. The van der Waals surface area contributed by atoms with Gasteiger partial charge in [0.25, 0.3) is 0 Å². The molecule has 0 atom stereocenters. The second kappa shape index (κ2) is 9.98. The average Bonchev–Trinajstić information content (AvgIpc) is 3.19. The van der Waals surface area contributed by atoms with Crippen LogP contribution >= 0.6 is 11.8 Å². The van der Waals surface area contributed by atoms with E-state index in [1.807, 2.05) is 28.8 Å². The number of benzene rings is 2. The van der Waals surface area contributed by atoms with Crippen LogP contribution in [0.25, 0.3) is 11.4 Å². The minimum atomic E-state index is -0.0881. The minimum Gasteiger partial charge on any atom is -0.497 e. The molecule has 1 heterocycles. The number of aromatic nitrogens is 3. The number of hydrogen-bond donors (Lipinski definition) is 0. The number of carbonyl (C=O) groups is 1. The van der Waals surface area contributed by atoms with E-state index >= 15 is 0 Å². The summed E-state index contributed by atoms with van der Waals surface area (Å²) < 4.78 is 17.7. The molecule has 0 saturated carbocycles. The molecule has 0 aliphatic heterocycles. The van der Waals surface area contributed by atoms with Crippen molar-refractivity contribution in [3.8, 4) is 28.6 Å². The molecule has 0 N–H and O–H groups in total. The highest BCUT2D eigenvalue weighted by Gasteiger charge is 2.18. The van der Waals surface area contributed by atoms with Crippen LogP contribution in [0.2, 0.25) is 0 Å². The van der Waals surface area contributed by atoms with Gasteiger partial charge in [-0.1, -0.05) is 17.8 Å². The number of methoxy groups -OCH3 is 3. The molecule has 0 bridgehead atoms. The fourth-order valence-electron chi connectivity index (χ4n) is 2.88. The molecule has 0 aliphatic carbocycles. The smallest absolute Gasteiger partial charge is 0.192 e. The number of hydrogen-bond acceptors (Lipinski definition) is 7. The Labute approximate surface area is 179 Å². The van der Waals surface area contributed by atoms with Crippen LogP contribution in [0.3, 0.4) is 0 Å². The molecule has 0 saturated heterocycles. The Bertz CT molecular complexity index is 1030. The molecule has 2 aromatic carbocycles. The Hall–Kier alpha value is -3.26. The molecule has 1 aromatic heterocycles. The van der Waals surface area contributed by atoms with Gasteiger partial charge in [0.1, 0.15) is 17.2 Å². The Morgan fingerprint density at radius 1 is 1.03 bits per heavy atom. The van der Waals surface area contributed by atoms with Crippen molar-refractivity contribution in [3.05, 3.63) is 60.7 Å². The normalized spacial score (nSPS) is 10.5. The fourth-order valence-corrected chi connectivity index (χ4v) is 3.71. The molecule has 7 nitrogen and oxygen atoms in total. The summed E-state index contributed by atoms with van der Waals surface area (Å²) in [5.74, 6) is 2.66. The monoisotopic (exact) mass is 425 g/mol. The van der Waals surface area contributed by atoms with Gasteiger partial charge in [-0.25, -0.2) is 0 Å². The van der Waals surface area contributed by atoms with Crippen LogP contribution in [0, 0.1) is 0 Å². The maximum Gasteiger partial charge on any atom is 0.192 e.